The molecule has 0 amide bonds. The van der Waals surface area contributed by atoms with Crippen LogP contribution in [-0.2, 0) is 18.3 Å². The van der Waals surface area contributed by atoms with Crippen LogP contribution in [0.25, 0.3) is 10.9 Å². The Bertz CT molecular complexity index is 651. The fourth-order valence-corrected chi connectivity index (χ4v) is 3.60. The highest BCUT2D eigenvalue weighted by Gasteiger charge is 2.27. The average molecular weight is 255 g/mol. The van der Waals surface area contributed by atoms with Crippen molar-refractivity contribution in [2.45, 2.75) is 45.4 Å². The Kier molecular flexibility index (Phi) is 2.96. The second-order valence-electron chi connectivity index (χ2n) is 5.94. The minimum atomic E-state index is 0.307. The molecule has 1 aromatic carbocycles. The largest absolute Gasteiger partial charge is 0.347 e. The summed E-state index contributed by atoms with van der Waals surface area (Å²) >= 11 is 0. The molecular weight excluding hydrogens is 234 g/mol. The van der Waals surface area contributed by atoms with Crippen LogP contribution >= 0.6 is 0 Å². The first kappa shape index (κ1) is 12.5. The lowest BCUT2D eigenvalue weighted by atomic mass is 9.82. The van der Waals surface area contributed by atoms with Gasteiger partial charge >= 0.3 is 0 Å². The molecule has 2 heteroatoms. The van der Waals surface area contributed by atoms with Crippen LogP contribution in [0, 0.1) is 6.92 Å². The molecule has 0 saturated carbocycles. The molecule has 0 fully saturated rings. The molecule has 1 heterocycles. The predicted octanol–water partition coefficient (Wildman–Crippen LogP) is 3.89. The summed E-state index contributed by atoms with van der Waals surface area (Å²) in [4.78, 5) is 11.5. The molecule has 0 bridgehead atoms. The third-order valence-corrected chi connectivity index (χ3v) is 4.43. The van der Waals surface area contributed by atoms with Gasteiger partial charge in [0, 0.05) is 30.1 Å². The number of aryl methyl sites for hydroxylation is 2. The Morgan fingerprint density at radius 1 is 1.42 bits per heavy atom. The molecular formula is C17H21NO. The zero-order chi connectivity index (χ0) is 13.6. The predicted molar refractivity (Wildman–Crippen MR) is 78.6 cm³/mol. The van der Waals surface area contributed by atoms with E-state index in [1.54, 1.807) is 6.92 Å². The van der Waals surface area contributed by atoms with E-state index in [4.69, 9.17) is 0 Å². The van der Waals surface area contributed by atoms with E-state index in [1.165, 1.54) is 34.1 Å². The first-order valence-electron chi connectivity index (χ1n) is 7.15. The van der Waals surface area contributed by atoms with Crippen LogP contribution in [0.4, 0.5) is 0 Å². The van der Waals surface area contributed by atoms with Gasteiger partial charge in [-0.2, -0.15) is 0 Å². The third kappa shape index (κ3) is 1.99. The molecule has 19 heavy (non-hydrogen) atoms. The van der Waals surface area contributed by atoms with Crippen molar-refractivity contribution in [3.63, 3.8) is 0 Å². The van der Waals surface area contributed by atoms with Gasteiger partial charge in [-0.25, -0.2) is 0 Å². The van der Waals surface area contributed by atoms with Crippen molar-refractivity contribution in [3.8, 4) is 0 Å². The van der Waals surface area contributed by atoms with Gasteiger partial charge in [-0.05, 0) is 56.2 Å². The molecule has 0 radical (unpaired) electrons. The molecule has 1 aromatic heterocycles. The second-order valence-corrected chi connectivity index (χ2v) is 5.94. The average Bonchev–Trinajstić information content (AvgIpc) is 2.64. The van der Waals surface area contributed by atoms with Gasteiger partial charge in [0.25, 0.3) is 0 Å². The van der Waals surface area contributed by atoms with Crippen molar-refractivity contribution in [2.24, 2.45) is 7.05 Å². The minimum Gasteiger partial charge on any atom is -0.347 e. The fourth-order valence-electron chi connectivity index (χ4n) is 3.60. The van der Waals surface area contributed by atoms with Gasteiger partial charge in [0.2, 0.25) is 0 Å². The van der Waals surface area contributed by atoms with Gasteiger partial charge in [-0.1, -0.05) is 12.1 Å². The van der Waals surface area contributed by atoms with Crippen molar-refractivity contribution in [3.05, 3.63) is 35.0 Å². The zero-order valence-electron chi connectivity index (χ0n) is 12.0. The Morgan fingerprint density at radius 2 is 2.21 bits per heavy atom. The van der Waals surface area contributed by atoms with E-state index in [1.807, 2.05) is 0 Å². The van der Waals surface area contributed by atoms with E-state index >= 15 is 0 Å². The molecule has 100 valence electrons. The number of aromatic nitrogens is 1. The summed E-state index contributed by atoms with van der Waals surface area (Å²) < 4.78 is 2.34. The summed E-state index contributed by atoms with van der Waals surface area (Å²) in [5.41, 5.74) is 5.51. The maximum atomic E-state index is 11.5. The number of ketones is 1. The smallest absolute Gasteiger partial charge is 0.130 e. The minimum absolute atomic E-state index is 0.307. The number of carbonyl (C=O) groups excluding carboxylic acids is 1. The van der Waals surface area contributed by atoms with Gasteiger partial charge in [0.15, 0.2) is 0 Å². The highest BCUT2D eigenvalue weighted by atomic mass is 16.1. The van der Waals surface area contributed by atoms with E-state index in [0.717, 1.165) is 12.8 Å². The summed E-state index contributed by atoms with van der Waals surface area (Å²) in [6.07, 6.45) is 4.20. The number of nitrogens with zero attached hydrogens (tertiary/aromatic N) is 1. The molecule has 0 saturated heterocycles. The normalized spacial score (nSPS) is 18.6. The van der Waals surface area contributed by atoms with E-state index in [-0.39, 0.29) is 0 Å². The highest BCUT2D eigenvalue weighted by molar-refractivity contribution is 5.88. The first-order chi connectivity index (χ1) is 9.08. The lowest BCUT2D eigenvalue weighted by Gasteiger charge is -2.23. The van der Waals surface area contributed by atoms with Crippen LogP contribution in [0.3, 0.4) is 0 Å². The zero-order valence-corrected chi connectivity index (χ0v) is 12.0. The Labute approximate surface area is 114 Å². The topological polar surface area (TPSA) is 22.0 Å². The molecule has 0 aliphatic heterocycles. The van der Waals surface area contributed by atoms with E-state index in [0.29, 0.717) is 18.1 Å². The van der Waals surface area contributed by atoms with Gasteiger partial charge in [0.1, 0.15) is 5.78 Å². The lowest BCUT2D eigenvalue weighted by Crippen LogP contribution is -2.13. The molecule has 1 atom stereocenters. The SMILES string of the molecule is CC(=O)CC1CCCc2c1c1ccc(C)cc1n2C. The van der Waals surface area contributed by atoms with Crippen molar-refractivity contribution >= 4 is 16.7 Å². The van der Waals surface area contributed by atoms with Crippen molar-refractivity contribution < 1.29 is 4.79 Å². The van der Waals surface area contributed by atoms with E-state index in [2.05, 4.69) is 36.7 Å². The van der Waals surface area contributed by atoms with Crippen LogP contribution in [0.5, 0.6) is 0 Å². The third-order valence-electron chi connectivity index (χ3n) is 4.43. The standard InChI is InChI=1S/C17H21NO/c1-11-7-8-14-16(9-11)18(3)15-6-4-5-13(17(14)15)10-12(2)19/h7-9,13H,4-6,10H2,1-3H3. The number of Topliss-reactive ketones (excluding diaryl/α,β-unsaturated/α-hetero) is 1. The molecule has 3 rings (SSSR count). The highest BCUT2D eigenvalue weighted by Crippen LogP contribution is 2.40. The number of hydrogen-bond donors (Lipinski definition) is 0. The number of benzene rings is 1. The molecule has 2 nitrogen and oxygen atoms in total. The Hall–Kier alpha value is -1.57. The molecule has 1 unspecified atom stereocenters. The fraction of sp³-hybridized carbons (Fsp3) is 0.471. The summed E-state index contributed by atoms with van der Waals surface area (Å²) in [6, 6.07) is 6.68. The molecule has 1 aliphatic rings. The van der Waals surface area contributed by atoms with Crippen LogP contribution in [0.2, 0.25) is 0 Å². The number of fused-ring (bicyclic) bond motifs is 3. The van der Waals surface area contributed by atoms with Crippen molar-refractivity contribution in [1.82, 2.24) is 4.57 Å². The van der Waals surface area contributed by atoms with Gasteiger partial charge < -0.3 is 9.36 Å². The first-order valence-corrected chi connectivity index (χ1v) is 7.15. The molecule has 2 aromatic rings. The molecule has 1 aliphatic carbocycles. The summed E-state index contributed by atoms with van der Waals surface area (Å²) in [7, 11) is 2.16. The van der Waals surface area contributed by atoms with Gasteiger partial charge in [0.05, 0.1) is 0 Å². The summed E-state index contributed by atoms with van der Waals surface area (Å²) in [5.74, 6) is 0.731. The summed E-state index contributed by atoms with van der Waals surface area (Å²) in [6.45, 7) is 3.85. The monoisotopic (exact) mass is 255 g/mol. The summed E-state index contributed by atoms with van der Waals surface area (Å²) in [5, 5.41) is 1.36. The van der Waals surface area contributed by atoms with Crippen molar-refractivity contribution in [1.29, 1.82) is 0 Å². The molecule has 0 spiro atoms. The van der Waals surface area contributed by atoms with E-state index < -0.39 is 0 Å². The number of rotatable bonds is 2. The van der Waals surface area contributed by atoms with Crippen molar-refractivity contribution in [2.75, 3.05) is 0 Å². The van der Waals surface area contributed by atoms with Crippen LogP contribution in [-0.4, -0.2) is 10.4 Å². The Morgan fingerprint density at radius 3 is 2.95 bits per heavy atom. The quantitative estimate of drug-likeness (QED) is 0.798. The van der Waals surface area contributed by atoms with E-state index in [9.17, 15) is 4.79 Å². The van der Waals surface area contributed by atoms with Gasteiger partial charge in [-0.3, -0.25) is 0 Å². The van der Waals surface area contributed by atoms with Gasteiger partial charge in [-0.15, -0.1) is 0 Å². The molecule has 0 N–H and O–H groups in total. The maximum absolute atomic E-state index is 11.5. The lowest BCUT2D eigenvalue weighted by molar-refractivity contribution is -0.117. The Balaban J connectivity index is 2.22. The number of carbonyl (C=O) groups is 1. The van der Waals surface area contributed by atoms with Crippen LogP contribution in [0.15, 0.2) is 18.2 Å². The maximum Gasteiger partial charge on any atom is 0.130 e. The van der Waals surface area contributed by atoms with Crippen LogP contribution < -0.4 is 0 Å². The van der Waals surface area contributed by atoms with Crippen LogP contribution in [0.1, 0.15) is 48.9 Å². The second kappa shape index (κ2) is 4.52. The number of hydrogen-bond acceptors (Lipinski definition) is 1.